The molecular weight excluding hydrogens is 689 g/mol. The fraction of sp³-hybridized carbons (Fsp3) is 0.0182. The van der Waals surface area contributed by atoms with E-state index in [1.165, 1.54) is 16.7 Å². The minimum absolute atomic E-state index is 0.0355. The molecule has 0 saturated heterocycles. The van der Waals surface area contributed by atoms with Crippen LogP contribution in [0.25, 0.3) is 77.2 Å². The summed E-state index contributed by atoms with van der Waals surface area (Å²) in [5, 5.41) is 2.24. The normalized spacial score (nSPS) is 13.4. The fourth-order valence-corrected chi connectivity index (χ4v) is 8.47. The van der Waals surface area contributed by atoms with E-state index < -0.39 is 12.1 Å². The molecule has 2 aromatic heterocycles. The van der Waals surface area contributed by atoms with Gasteiger partial charge in [0.1, 0.15) is 0 Å². The molecule has 11 rings (SSSR count). The molecule has 0 aliphatic carbocycles. The fourth-order valence-electron chi connectivity index (χ4n) is 8.47. The highest BCUT2D eigenvalue weighted by Gasteiger charge is 2.19. The highest BCUT2D eigenvalue weighted by molar-refractivity contribution is 6.13. The summed E-state index contributed by atoms with van der Waals surface area (Å²) in [7, 11) is 0. The molecule has 2 nitrogen and oxygen atoms in total. The van der Waals surface area contributed by atoms with E-state index in [1.54, 1.807) is 16.7 Å². The zero-order valence-electron chi connectivity index (χ0n) is 37.8. The molecule has 57 heavy (non-hydrogen) atoms. The van der Waals surface area contributed by atoms with E-state index in [1.807, 2.05) is 66.7 Å². The van der Waals surface area contributed by atoms with Gasteiger partial charge in [0.25, 0.3) is 0 Å². The number of para-hydroxylation sites is 3. The van der Waals surface area contributed by atoms with Crippen molar-refractivity contribution in [1.29, 1.82) is 0 Å². The molecule has 0 saturated carbocycles. The van der Waals surface area contributed by atoms with Crippen LogP contribution in [0.4, 0.5) is 0 Å². The molecule has 0 atom stereocenters. The lowest BCUT2D eigenvalue weighted by atomic mass is 9.84. The number of rotatable bonds is 7. The van der Waals surface area contributed by atoms with E-state index in [0.717, 1.165) is 38.6 Å². The molecule has 0 spiro atoms. The standard InChI is InChI=1S/C55H38N2/c1-5-16-38(17-6-1)55(39-18-7-2-8-19-39)44-21-15-20-40(34-44)41-28-32-53-49(36-41)50-37-43(30-33-54(50)57(53)46-24-11-4-12-25-46)42-29-31-52-48(35-42)47-26-13-14-27-51(47)56(52)45-22-9-3-10-23-45/h1-37,55H/i13D,14D,26D,27D,29D,31D,35D. The van der Waals surface area contributed by atoms with Gasteiger partial charge in [-0.05, 0) is 106 Å². The smallest absolute Gasteiger partial charge is 0.0645 e. The molecule has 0 radical (unpaired) electrons. The molecule has 0 amide bonds. The summed E-state index contributed by atoms with van der Waals surface area (Å²) >= 11 is 0. The summed E-state index contributed by atoms with van der Waals surface area (Å²) < 4.78 is 68.0. The Hall–Kier alpha value is -7.42. The Bertz CT molecular complexity index is 3580. The molecule has 2 heterocycles. The lowest BCUT2D eigenvalue weighted by Crippen LogP contribution is -2.03. The van der Waals surface area contributed by atoms with Crippen molar-refractivity contribution >= 4 is 43.6 Å². The van der Waals surface area contributed by atoms with Gasteiger partial charge in [0, 0.05) is 38.8 Å². The van der Waals surface area contributed by atoms with Crippen LogP contribution in [-0.4, -0.2) is 9.13 Å². The van der Waals surface area contributed by atoms with Crippen molar-refractivity contribution in [3.63, 3.8) is 0 Å². The van der Waals surface area contributed by atoms with E-state index in [-0.39, 0.29) is 63.5 Å². The molecule has 0 bridgehead atoms. The van der Waals surface area contributed by atoms with Crippen LogP contribution in [0.2, 0.25) is 0 Å². The molecule has 0 aliphatic rings. The first-order valence-electron chi connectivity index (χ1n) is 22.6. The van der Waals surface area contributed by atoms with Gasteiger partial charge in [-0.3, -0.25) is 0 Å². The van der Waals surface area contributed by atoms with E-state index in [2.05, 4.69) is 108 Å². The molecule has 0 unspecified atom stereocenters. The Labute approximate surface area is 342 Å². The predicted molar refractivity (Wildman–Crippen MR) is 240 cm³/mol. The summed E-state index contributed by atoms with van der Waals surface area (Å²) in [6.07, 6.45) is 0. The first-order chi connectivity index (χ1) is 31.2. The van der Waals surface area contributed by atoms with Gasteiger partial charge in [-0.2, -0.15) is 0 Å². The molecule has 11 aromatic rings. The topological polar surface area (TPSA) is 9.86 Å². The third-order valence-electron chi connectivity index (χ3n) is 11.1. The highest BCUT2D eigenvalue weighted by Crippen LogP contribution is 2.40. The van der Waals surface area contributed by atoms with Crippen LogP contribution in [0.1, 0.15) is 32.2 Å². The van der Waals surface area contributed by atoms with Crippen LogP contribution < -0.4 is 0 Å². The number of hydrogen-bond acceptors (Lipinski definition) is 0. The van der Waals surface area contributed by atoms with Crippen molar-refractivity contribution in [3.05, 3.63) is 241 Å². The molecule has 0 fully saturated rings. The second kappa shape index (κ2) is 13.7. The van der Waals surface area contributed by atoms with Gasteiger partial charge < -0.3 is 9.13 Å². The Morgan fingerprint density at radius 1 is 0.333 bits per heavy atom. The third kappa shape index (κ3) is 5.65. The summed E-state index contributed by atoms with van der Waals surface area (Å²) in [4.78, 5) is 0. The summed E-state index contributed by atoms with van der Waals surface area (Å²) in [5.74, 6) is 0.0355. The first kappa shape index (κ1) is 26.4. The Morgan fingerprint density at radius 3 is 1.44 bits per heavy atom. The zero-order valence-corrected chi connectivity index (χ0v) is 30.8. The van der Waals surface area contributed by atoms with E-state index in [0.29, 0.717) is 11.3 Å². The quantitative estimate of drug-likeness (QED) is 0.144. The molecular formula is C55H38N2. The van der Waals surface area contributed by atoms with Gasteiger partial charge in [-0.15, -0.1) is 0 Å². The molecule has 9 aromatic carbocycles. The maximum absolute atomic E-state index is 9.83. The van der Waals surface area contributed by atoms with E-state index in [4.69, 9.17) is 5.48 Å². The summed E-state index contributed by atoms with van der Waals surface area (Å²) in [6.45, 7) is 0. The Kier molecular flexibility index (Phi) is 6.35. The van der Waals surface area contributed by atoms with Gasteiger partial charge in [0.05, 0.1) is 31.7 Å². The van der Waals surface area contributed by atoms with Gasteiger partial charge >= 0.3 is 0 Å². The number of benzene rings is 9. The SMILES string of the molecule is [2H]c1c([2H])c([2H])c2c(c1[2H])c1c([2H])c(-c3ccc4c(c3)c3cc(-c5cccc(C(c6ccccc6)c6ccccc6)c5)ccc3n4-c3ccccc3)c([2H])c([2H])c1n2-c1ccccc1. The van der Waals surface area contributed by atoms with Gasteiger partial charge in [0.2, 0.25) is 0 Å². The minimum atomic E-state index is -0.417. The van der Waals surface area contributed by atoms with Crippen LogP contribution in [0, 0.1) is 0 Å². The monoisotopic (exact) mass is 733 g/mol. The van der Waals surface area contributed by atoms with E-state index >= 15 is 0 Å². The first-order valence-corrected chi connectivity index (χ1v) is 19.1. The van der Waals surface area contributed by atoms with Crippen LogP contribution in [-0.2, 0) is 0 Å². The number of nitrogens with zero attached hydrogens (tertiary/aromatic N) is 2. The second-order valence-corrected chi connectivity index (χ2v) is 14.4. The average Bonchev–Trinajstić information content (AvgIpc) is 3.87. The average molecular weight is 734 g/mol. The zero-order chi connectivity index (χ0) is 43.8. The summed E-state index contributed by atoms with van der Waals surface area (Å²) in [6, 6.07) is 59.8. The lowest BCUT2D eigenvalue weighted by molar-refractivity contribution is 0.978. The summed E-state index contributed by atoms with van der Waals surface area (Å²) in [5.41, 5.74) is 10.3. The Balaban J connectivity index is 1.15. The lowest BCUT2D eigenvalue weighted by Gasteiger charge is -2.20. The number of hydrogen-bond donors (Lipinski definition) is 0. The van der Waals surface area contributed by atoms with Crippen molar-refractivity contribution in [2.75, 3.05) is 0 Å². The highest BCUT2D eigenvalue weighted by atomic mass is 15.0. The van der Waals surface area contributed by atoms with Crippen LogP contribution in [0.5, 0.6) is 0 Å². The maximum Gasteiger partial charge on any atom is 0.0645 e. The largest absolute Gasteiger partial charge is 0.309 e. The van der Waals surface area contributed by atoms with Gasteiger partial charge in [-0.25, -0.2) is 0 Å². The molecule has 2 heteroatoms. The van der Waals surface area contributed by atoms with Crippen molar-refractivity contribution in [3.8, 4) is 33.6 Å². The van der Waals surface area contributed by atoms with E-state index in [9.17, 15) is 4.11 Å². The number of fused-ring (bicyclic) bond motifs is 6. The third-order valence-corrected chi connectivity index (χ3v) is 11.1. The van der Waals surface area contributed by atoms with Gasteiger partial charge in [0.15, 0.2) is 0 Å². The molecule has 268 valence electrons. The van der Waals surface area contributed by atoms with Crippen molar-refractivity contribution in [2.24, 2.45) is 0 Å². The molecule has 0 aliphatic heterocycles. The van der Waals surface area contributed by atoms with Crippen molar-refractivity contribution in [2.45, 2.75) is 5.92 Å². The molecule has 0 N–H and O–H groups in total. The Morgan fingerprint density at radius 2 is 0.825 bits per heavy atom. The van der Waals surface area contributed by atoms with Crippen molar-refractivity contribution < 1.29 is 9.60 Å². The van der Waals surface area contributed by atoms with Crippen LogP contribution in [0.3, 0.4) is 0 Å². The van der Waals surface area contributed by atoms with Crippen LogP contribution in [0.15, 0.2) is 224 Å². The second-order valence-electron chi connectivity index (χ2n) is 14.4. The minimum Gasteiger partial charge on any atom is -0.309 e. The number of aromatic nitrogens is 2. The van der Waals surface area contributed by atoms with Crippen molar-refractivity contribution in [1.82, 2.24) is 9.13 Å². The maximum atomic E-state index is 9.83. The van der Waals surface area contributed by atoms with Gasteiger partial charge in [-0.1, -0.05) is 158 Å². The predicted octanol–water partition coefficient (Wildman–Crippen LogP) is 14.4. The van der Waals surface area contributed by atoms with Crippen LogP contribution >= 0.6 is 0 Å².